The van der Waals surface area contributed by atoms with Crippen LogP contribution in [-0.2, 0) is 13.2 Å². The monoisotopic (exact) mass is 456 g/mol. The molecule has 1 fully saturated rings. The van der Waals surface area contributed by atoms with E-state index in [0.717, 1.165) is 16.9 Å². The van der Waals surface area contributed by atoms with E-state index in [0.29, 0.717) is 41.6 Å². The van der Waals surface area contributed by atoms with E-state index < -0.39 is 11.7 Å². The molecule has 1 aliphatic rings. The van der Waals surface area contributed by atoms with Crippen molar-refractivity contribution < 1.29 is 18.0 Å². The Morgan fingerprint density at radius 1 is 1.09 bits per heavy atom. The summed E-state index contributed by atoms with van der Waals surface area (Å²) in [4.78, 5) is 27.4. The number of carbonyl (C=O) groups is 1. The van der Waals surface area contributed by atoms with Crippen LogP contribution >= 0.6 is 0 Å². The minimum absolute atomic E-state index is 0.166. The molecule has 0 saturated carbocycles. The predicted molar refractivity (Wildman–Crippen MR) is 113 cm³/mol. The van der Waals surface area contributed by atoms with E-state index in [2.05, 4.69) is 15.3 Å². The second-order valence-electron chi connectivity index (χ2n) is 8.12. The van der Waals surface area contributed by atoms with E-state index in [1.807, 2.05) is 0 Å². The maximum atomic E-state index is 13.4. The van der Waals surface area contributed by atoms with Crippen LogP contribution < -0.4 is 5.56 Å². The van der Waals surface area contributed by atoms with E-state index in [9.17, 15) is 22.8 Å². The molecule has 1 amide bonds. The second kappa shape index (κ2) is 7.68. The van der Waals surface area contributed by atoms with E-state index in [1.54, 1.807) is 29.2 Å². The van der Waals surface area contributed by atoms with Crippen molar-refractivity contribution in [2.45, 2.75) is 24.9 Å². The lowest BCUT2D eigenvalue weighted by molar-refractivity contribution is -0.137. The van der Waals surface area contributed by atoms with Gasteiger partial charge < -0.3 is 4.90 Å². The number of alkyl halides is 3. The fraction of sp³-hybridized carbons (Fsp3) is 0.318. The zero-order chi connectivity index (χ0) is 23.3. The van der Waals surface area contributed by atoms with Crippen LogP contribution in [0.2, 0.25) is 0 Å². The summed E-state index contributed by atoms with van der Waals surface area (Å²) >= 11 is 0. The van der Waals surface area contributed by atoms with Gasteiger partial charge in [0.25, 0.3) is 11.5 Å². The van der Waals surface area contributed by atoms with Crippen LogP contribution in [0.1, 0.15) is 40.6 Å². The Balaban J connectivity index is 1.49. The number of benzene rings is 1. The molecular weight excluding hydrogens is 437 g/mol. The summed E-state index contributed by atoms with van der Waals surface area (Å²) in [6.45, 7) is 0.730. The van der Waals surface area contributed by atoms with E-state index in [1.165, 1.54) is 17.5 Å². The number of hydrogen-bond donors (Lipinski definition) is 0. The molecule has 0 bridgehead atoms. The van der Waals surface area contributed by atoms with Crippen molar-refractivity contribution in [3.63, 3.8) is 0 Å². The Morgan fingerprint density at radius 3 is 2.61 bits per heavy atom. The number of carbonyl (C=O) groups excluding carboxylic acids is 1. The number of halogens is 3. The van der Waals surface area contributed by atoms with Crippen molar-refractivity contribution in [2.24, 2.45) is 7.05 Å². The molecule has 1 aliphatic heterocycles. The van der Waals surface area contributed by atoms with Crippen LogP contribution in [0.15, 0.2) is 47.4 Å². The van der Waals surface area contributed by atoms with Crippen molar-refractivity contribution in [2.75, 3.05) is 13.1 Å². The van der Waals surface area contributed by atoms with E-state index in [4.69, 9.17) is 0 Å². The molecule has 0 aliphatic carbocycles. The zero-order valence-corrected chi connectivity index (χ0v) is 17.6. The number of hydrogen-bond acceptors (Lipinski definition) is 5. The van der Waals surface area contributed by atoms with Gasteiger partial charge in [0.2, 0.25) is 0 Å². The molecule has 170 valence electrons. The number of nitrogens with zero attached hydrogens (tertiary/aromatic N) is 6. The fourth-order valence-electron chi connectivity index (χ4n) is 4.33. The highest BCUT2D eigenvalue weighted by atomic mass is 19.4. The molecule has 0 N–H and O–H groups in total. The highest BCUT2D eigenvalue weighted by Gasteiger charge is 2.33. The third-order valence-corrected chi connectivity index (χ3v) is 5.99. The fourth-order valence-corrected chi connectivity index (χ4v) is 4.33. The van der Waals surface area contributed by atoms with Crippen LogP contribution in [-0.4, -0.2) is 48.3 Å². The topological polar surface area (TPSA) is 85.4 Å². The Morgan fingerprint density at radius 2 is 1.85 bits per heavy atom. The SMILES string of the molecule is Cn1nc(C(=O)N2CCC[C@@H](c3nnc4ccc(C(F)(F)F)cn34)C2)c2ccccc2c1=O. The summed E-state index contributed by atoms with van der Waals surface area (Å²) in [5.41, 5.74) is -0.610. The molecule has 4 aromatic rings. The first-order chi connectivity index (χ1) is 15.7. The van der Waals surface area contributed by atoms with Gasteiger partial charge in [0.15, 0.2) is 11.3 Å². The Hall–Kier alpha value is -3.76. The molecule has 4 heterocycles. The average Bonchev–Trinajstić information content (AvgIpc) is 3.24. The highest BCUT2D eigenvalue weighted by molar-refractivity contribution is 6.04. The van der Waals surface area contributed by atoms with Crippen LogP contribution in [0.5, 0.6) is 0 Å². The summed E-state index contributed by atoms with van der Waals surface area (Å²) in [6, 6.07) is 9.05. The zero-order valence-electron chi connectivity index (χ0n) is 17.6. The van der Waals surface area contributed by atoms with Gasteiger partial charge in [0.1, 0.15) is 5.82 Å². The van der Waals surface area contributed by atoms with E-state index >= 15 is 0 Å². The lowest BCUT2D eigenvalue weighted by Gasteiger charge is -2.32. The third-order valence-electron chi connectivity index (χ3n) is 5.99. The molecule has 3 aromatic heterocycles. The number of amides is 1. The van der Waals surface area contributed by atoms with Crippen LogP contribution in [0.3, 0.4) is 0 Å². The lowest BCUT2D eigenvalue weighted by Crippen LogP contribution is -2.40. The van der Waals surface area contributed by atoms with Crippen molar-refractivity contribution in [3.05, 3.63) is 70.0 Å². The molecule has 8 nitrogen and oxygen atoms in total. The van der Waals surface area contributed by atoms with Crippen molar-refractivity contribution in [1.82, 2.24) is 29.3 Å². The number of aromatic nitrogens is 5. The van der Waals surface area contributed by atoms with Gasteiger partial charge in [-0.2, -0.15) is 18.3 Å². The quantitative estimate of drug-likeness (QED) is 0.463. The molecule has 11 heteroatoms. The predicted octanol–water partition coefficient (Wildman–Crippen LogP) is 3.01. The Labute approximate surface area is 185 Å². The molecule has 0 spiro atoms. The maximum Gasteiger partial charge on any atom is 0.417 e. The summed E-state index contributed by atoms with van der Waals surface area (Å²) in [5, 5.41) is 13.2. The van der Waals surface area contributed by atoms with Gasteiger partial charge in [-0.15, -0.1) is 10.2 Å². The average molecular weight is 456 g/mol. The van der Waals surface area contributed by atoms with Gasteiger partial charge in [-0.3, -0.25) is 14.0 Å². The maximum absolute atomic E-state index is 13.4. The Bertz CT molecular complexity index is 1440. The number of rotatable bonds is 2. The standard InChI is InChI=1S/C22H19F3N6O2/c1-29-20(32)16-7-3-2-6-15(16)18(28-29)21(33)30-10-4-5-13(11-30)19-27-26-17-9-8-14(12-31(17)19)22(23,24)25/h2-3,6-9,12-13H,4-5,10-11H2,1H3/t13-/m1/s1. The molecule has 1 atom stereocenters. The number of likely N-dealkylation sites (tertiary alicyclic amines) is 1. The van der Waals surface area contributed by atoms with Crippen molar-refractivity contribution in [1.29, 1.82) is 0 Å². The summed E-state index contributed by atoms with van der Waals surface area (Å²) in [6.07, 6.45) is -2.19. The molecule has 1 saturated heterocycles. The van der Waals surface area contributed by atoms with Crippen molar-refractivity contribution in [3.8, 4) is 0 Å². The number of pyridine rings is 1. The highest BCUT2D eigenvalue weighted by Crippen LogP contribution is 2.32. The first-order valence-electron chi connectivity index (χ1n) is 10.4. The van der Waals surface area contributed by atoms with Gasteiger partial charge >= 0.3 is 6.18 Å². The molecule has 1 aromatic carbocycles. The minimum atomic E-state index is -4.49. The largest absolute Gasteiger partial charge is 0.417 e. The minimum Gasteiger partial charge on any atom is -0.337 e. The molecule has 0 radical (unpaired) electrons. The molecular formula is C22H19F3N6O2. The van der Waals surface area contributed by atoms with Crippen LogP contribution in [0, 0.1) is 0 Å². The summed E-state index contributed by atoms with van der Waals surface area (Å²) in [7, 11) is 1.49. The van der Waals surface area contributed by atoms with Gasteiger partial charge in [-0.05, 0) is 31.0 Å². The number of fused-ring (bicyclic) bond motifs is 2. The number of piperidine rings is 1. The Kier molecular flexibility index (Phi) is 4.91. The third kappa shape index (κ3) is 3.62. The van der Waals surface area contributed by atoms with Gasteiger partial charge in [-0.1, -0.05) is 18.2 Å². The van der Waals surface area contributed by atoms with Gasteiger partial charge in [0, 0.05) is 37.6 Å². The van der Waals surface area contributed by atoms with Crippen LogP contribution in [0.4, 0.5) is 13.2 Å². The normalized spacial score (nSPS) is 17.1. The number of aryl methyl sites for hydroxylation is 1. The van der Waals surface area contributed by atoms with Gasteiger partial charge in [-0.25, -0.2) is 4.68 Å². The summed E-state index contributed by atoms with van der Waals surface area (Å²) in [5.74, 6) is -0.247. The smallest absolute Gasteiger partial charge is 0.337 e. The second-order valence-corrected chi connectivity index (χ2v) is 8.12. The first kappa shape index (κ1) is 21.1. The van der Waals surface area contributed by atoms with Crippen molar-refractivity contribution >= 4 is 22.3 Å². The molecule has 5 rings (SSSR count). The van der Waals surface area contributed by atoms with E-state index in [-0.39, 0.29) is 29.6 Å². The molecule has 33 heavy (non-hydrogen) atoms. The lowest BCUT2D eigenvalue weighted by atomic mass is 9.96. The van der Waals surface area contributed by atoms with Gasteiger partial charge in [0.05, 0.1) is 10.9 Å². The first-order valence-corrected chi connectivity index (χ1v) is 10.4. The molecule has 0 unspecified atom stereocenters. The summed E-state index contributed by atoms with van der Waals surface area (Å²) < 4.78 is 42.1. The van der Waals surface area contributed by atoms with Crippen LogP contribution in [0.25, 0.3) is 16.4 Å².